The molecule has 0 saturated heterocycles. The molecule has 1 saturated carbocycles. The summed E-state index contributed by atoms with van der Waals surface area (Å²) in [4.78, 5) is 0. The lowest BCUT2D eigenvalue weighted by molar-refractivity contribution is 0.457. The molecular weight excluding hydrogens is 122 g/mol. The summed E-state index contributed by atoms with van der Waals surface area (Å²) in [6.07, 6.45) is 1.19. The smallest absolute Gasteiger partial charge is 0.00742 e. The average Bonchev–Trinajstić information content (AvgIpc) is 2.13. The van der Waals surface area contributed by atoms with Gasteiger partial charge in [-0.1, -0.05) is 27.7 Å². The van der Waals surface area contributed by atoms with Gasteiger partial charge in [-0.15, -0.1) is 0 Å². The quantitative estimate of drug-likeness (QED) is 0.625. The molecule has 1 heteroatoms. The van der Waals surface area contributed by atoms with Crippen molar-refractivity contribution in [3.05, 3.63) is 0 Å². The topological polar surface area (TPSA) is 26.0 Å². The van der Waals surface area contributed by atoms with Crippen LogP contribution in [0.3, 0.4) is 0 Å². The van der Waals surface area contributed by atoms with Gasteiger partial charge >= 0.3 is 0 Å². The standard InChI is InChI=1S/C9H19N/c1-8(2)7(5-6-10)9(8,3)4/h7H,5-6,10H2,1-4H3. The molecule has 2 N–H and O–H groups in total. The minimum absolute atomic E-state index is 0.534. The summed E-state index contributed by atoms with van der Waals surface area (Å²) in [6, 6.07) is 0. The molecule has 0 heterocycles. The van der Waals surface area contributed by atoms with Crippen molar-refractivity contribution in [2.45, 2.75) is 34.1 Å². The highest BCUT2D eigenvalue weighted by Gasteiger charge is 2.63. The van der Waals surface area contributed by atoms with Crippen LogP contribution >= 0.6 is 0 Å². The maximum absolute atomic E-state index is 5.51. The zero-order valence-electron chi connectivity index (χ0n) is 7.57. The van der Waals surface area contributed by atoms with E-state index in [-0.39, 0.29) is 0 Å². The van der Waals surface area contributed by atoms with Gasteiger partial charge in [-0.05, 0) is 29.7 Å². The SMILES string of the molecule is CC1(C)C(CCN)C1(C)C. The second-order valence-corrected chi connectivity index (χ2v) is 4.57. The second kappa shape index (κ2) is 1.97. The molecule has 10 heavy (non-hydrogen) atoms. The maximum Gasteiger partial charge on any atom is -0.00742 e. The third-order valence-electron chi connectivity index (χ3n) is 3.78. The molecule has 0 bridgehead atoms. The van der Waals surface area contributed by atoms with Gasteiger partial charge in [-0.3, -0.25) is 0 Å². The van der Waals surface area contributed by atoms with Crippen molar-refractivity contribution in [1.29, 1.82) is 0 Å². The van der Waals surface area contributed by atoms with Crippen LogP contribution in [0.25, 0.3) is 0 Å². The van der Waals surface area contributed by atoms with Crippen LogP contribution in [0, 0.1) is 16.7 Å². The Morgan fingerprint density at radius 1 is 1.10 bits per heavy atom. The lowest BCUT2D eigenvalue weighted by Gasteiger charge is -2.04. The molecule has 0 amide bonds. The van der Waals surface area contributed by atoms with Crippen LogP contribution in [0.4, 0.5) is 0 Å². The van der Waals surface area contributed by atoms with Crippen molar-refractivity contribution < 1.29 is 0 Å². The van der Waals surface area contributed by atoms with Gasteiger partial charge in [-0.2, -0.15) is 0 Å². The summed E-state index contributed by atoms with van der Waals surface area (Å²) in [6.45, 7) is 10.2. The van der Waals surface area contributed by atoms with E-state index >= 15 is 0 Å². The van der Waals surface area contributed by atoms with Gasteiger partial charge in [0.05, 0.1) is 0 Å². The van der Waals surface area contributed by atoms with Gasteiger partial charge in [-0.25, -0.2) is 0 Å². The molecule has 0 unspecified atom stereocenters. The van der Waals surface area contributed by atoms with Crippen LogP contribution in [0.2, 0.25) is 0 Å². The Morgan fingerprint density at radius 3 is 1.60 bits per heavy atom. The Bertz CT molecular complexity index is 122. The van der Waals surface area contributed by atoms with E-state index in [1.165, 1.54) is 6.42 Å². The minimum Gasteiger partial charge on any atom is -0.330 e. The molecule has 1 fully saturated rings. The zero-order chi connectivity index (χ0) is 7.99. The van der Waals surface area contributed by atoms with E-state index in [0.717, 1.165) is 12.5 Å². The van der Waals surface area contributed by atoms with E-state index in [4.69, 9.17) is 5.73 Å². The normalized spacial score (nSPS) is 28.5. The maximum atomic E-state index is 5.51. The number of hydrogen-bond donors (Lipinski definition) is 1. The summed E-state index contributed by atoms with van der Waals surface area (Å²) in [5.41, 5.74) is 6.58. The van der Waals surface area contributed by atoms with E-state index < -0.39 is 0 Å². The summed E-state index contributed by atoms with van der Waals surface area (Å²) in [5, 5.41) is 0. The van der Waals surface area contributed by atoms with E-state index in [9.17, 15) is 0 Å². The molecule has 1 aliphatic rings. The minimum atomic E-state index is 0.534. The highest BCUT2D eigenvalue weighted by molar-refractivity contribution is 5.11. The average molecular weight is 141 g/mol. The van der Waals surface area contributed by atoms with Crippen LogP contribution in [0.1, 0.15) is 34.1 Å². The predicted octanol–water partition coefficient (Wildman–Crippen LogP) is 2.02. The van der Waals surface area contributed by atoms with Gasteiger partial charge in [0.2, 0.25) is 0 Å². The molecule has 0 aliphatic heterocycles. The molecule has 1 nitrogen and oxygen atoms in total. The van der Waals surface area contributed by atoms with Gasteiger partial charge in [0.15, 0.2) is 0 Å². The first kappa shape index (κ1) is 8.06. The summed E-state index contributed by atoms with van der Waals surface area (Å²) in [7, 11) is 0. The Morgan fingerprint density at radius 2 is 1.50 bits per heavy atom. The fourth-order valence-electron chi connectivity index (χ4n) is 2.22. The Kier molecular flexibility index (Phi) is 1.59. The molecule has 0 aromatic heterocycles. The summed E-state index contributed by atoms with van der Waals surface area (Å²) >= 11 is 0. The summed E-state index contributed by atoms with van der Waals surface area (Å²) < 4.78 is 0. The van der Waals surface area contributed by atoms with Gasteiger partial charge in [0.1, 0.15) is 0 Å². The highest BCUT2D eigenvalue weighted by atomic mass is 14.7. The molecule has 0 aromatic carbocycles. The number of nitrogens with two attached hydrogens (primary N) is 1. The molecule has 0 atom stereocenters. The van der Waals surface area contributed by atoms with Gasteiger partial charge < -0.3 is 5.73 Å². The number of hydrogen-bond acceptors (Lipinski definition) is 1. The molecule has 1 rings (SSSR count). The van der Waals surface area contributed by atoms with E-state index in [1.807, 2.05) is 0 Å². The van der Waals surface area contributed by atoms with Crippen LogP contribution < -0.4 is 5.73 Å². The van der Waals surface area contributed by atoms with Crippen LogP contribution in [-0.4, -0.2) is 6.54 Å². The van der Waals surface area contributed by atoms with Crippen molar-refractivity contribution in [1.82, 2.24) is 0 Å². The van der Waals surface area contributed by atoms with Gasteiger partial charge in [0, 0.05) is 0 Å². The number of rotatable bonds is 2. The van der Waals surface area contributed by atoms with Crippen molar-refractivity contribution in [3.63, 3.8) is 0 Å². The van der Waals surface area contributed by atoms with Crippen molar-refractivity contribution >= 4 is 0 Å². The summed E-state index contributed by atoms with van der Waals surface area (Å²) in [5.74, 6) is 0.852. The molecule has 0 aromatic rings. The zero-order valence-corrected chi connectivity index (χ0v) is 7.57. The lowest BCUT2D eigenvalue weighted by atomic mass is 10.0. The van der Waals surface area contributed by atoms with Crippen LogP contribution in [0.5, 0.6) is 0 Å². The molecule has 0 radical (unpaired) electrons. The predicted molar refractivity (Wildman–Crippen MR) is 44.7 cm³/mol. The van der Waals surface area contributed by atoms with Crippen LogP contribution in [0.15, 0.2) is 0 Å². The highest BCUT2D eigenvalue weighted by Crippen LogP contribution is 2.69. The molecule has 1 aliphatic carbocycles. The Labute approximate surface area is 64.0 Å². The molecule has 0 spiro atoms. The van der Waals surface area contributed by atoms with Crippen molar-refractivity contribution in [2.24, 2.45) is 22.5 Å². The third kappa shape index (κ3) is 0.800. The molecule has 60 valence electrons. The largest absolute Gasteiger partial charge is 0.330 e. The first-order valence-electron chi connectivity index (χ1n) is 4.14. The first-order valence-corrected chi connectivity index (χ1v) is 4.14. The van der Waals surface area contributed by atoms with Crippen molar-refractivity contribution in [2.75, 3.05) is 6.54 Å². The Hall–Kier alpha value is -0.0400. The van der Waals surface area contributed by atoms with Gasteiger partial charge in [0.25, 0.3) is 0 Å². The monoisotopic (exact) mass is 141 g/mol. The lowest BCUT2D eigenvalue weighted by Crippen LogP contribution is -2.02. The van der Waals surface area contributed by atoms with E-state index in [2.05, 4.69) is 27.7 Å². The van der Waals surface area contributed by atoms with E-state index in [0.29, 0.717) is 10.8 Å². The van der Waals surface area contributed by atoms with Crippen LogP contribution in [-0.2, 0) is 0 Å². The van der Waals surface area contributed by atoms with E-state index in [1.54, 1.807) is 0 Å². The first-order chi connectivity index (χ1) is 4.44. The fraction of sp³-hybridized carbons (Fsp3) is 1.00. The molecular formula is C9H19N. The fourth-order valence-corrected chi connectivity index (χ4v) is 2.22. The third-order valence-corrected chi connectivity index (χ3v) is 3.78. The Balaban J connectivity index is 2.54. The van der Waals surface area contributed by atoms with Crippen molar-refractivity contribution in [3.8, 4) is 0 Å². The second-order valence-electron chi connectivity index (χ2n) is 4.57.